The number of amides is 1. The Kier molecular flexibility index (Phi) is 3.44. The van der Waals surface area contributed by atoms with Gasteiger partial charge < -0.3 is 4.57 Å². The fourth-order valence-electron chi connectivity index (χ4n) is 2.07. The number of aryl methyl sites for hydroxylation is 1. The SMILES string of the molecule is Cn1cc(C(=O)Nc2nncs2)c(=O)c2cccc(Cl)c21. The topological polar surface area (TPSA) is 76.9 Å². The van der Waals surface area contributed by atoms with Gasteiger partial charge in [-0.3, -0.25) is 14.9 Å². The van der Waals surface area contributed by atoms with E-state index in [4.69, 9.17) is 11.6 Å². The van der Waals surface area contributed by atoms with Gasteiger partial charge in [0.25, 0.3) is 5.91 Å². The Bertz CT molecular complexity index is 889. The quantitative estimate of drug-likeness (QED) is 0.786. The summed E-state index contributed by atoms with van der Waals surface area (Å²) in [6.45, 7) is 0. The lowest BCUT2D eigenvalue weighted by atomic mass is 10.1. The number of nitrogens with one attached hydrogen (secondary N) is 1. The van der Waals surface area contributed by atoms with Crippen molar-refractivity contribution in [3.05, 3.63) is 50.7 Å². The number of benzene rings is 1. The summed E-state index contributed by atoms with van der Waals surface area (Å²) in [5.41, 5.74) is 1.75. The Morgan fingerprint density at radius 2 is 2.24 bits per heavy atom. The van der Waals surface area contributed by atoms with Crippen molar-refractivity contribution in [2.75, 3.05) is 5.32 Å². The first-order chi connectivity index (χ1) is 10.1. The van der Waals surface area contributed by atoms with Crippen molar-refractivity contribution < 1.29 is 4.79 Å². The van der Waals surface area contributed by atoms with E-state index < -0.39 is 5.91 Å². The van der Waals surface area contributed by atoms with Crippen LogP contribution in [0.5, 0.6) is 0 Å². The zero-order valence-corrected chi connectivity index (χ0v) is 12.4. The Morgan fingerprint density at radius 1 is 1.43 bits per heavy atom. The molecule has 3 aromatic rings. The standard InChI is InChI=1S/C13H9ClN4O2S/c1-18-5-8(12(20)16-13-17-15-6-21-13)11(19)7-3-2-4-9(14)10(7)18/h2-6H,1H3,(H,16,17,20). The molecule has 0 saturated heterocycles. The van der Waals surface area contributed by atoms with Crippen LogP contribution in [-0.2, 0) is 7.05 Å². The summed E-state index contributed by atoms with van der Waals surface area (Å²) in [5, 5.41) is 11.1. The summed E-state index contributed by atoms with van der Waals surface area (Å²) < 4.78 is 1.66. The van der Waals surface area contributed by atoms with Crippen LogP contribution >= 0.6 is 22.9 Å². The third-order valence-corrected chi connectivity index (χ3v) is 3.89. The lowest BCUT2D eigenvalue weighted by Gasteiger charge is -2.09. The van der Waals surface area contributed by atoms with Crippen LogP contribution in [0.3, 0.4) is 0 Å². The molecule has 0 unspecified atom stereocenters. The van der Waals surface area contributed by atoms with Crippen molar-refractivity contribution in [3.8, 4) is 0 Å². The lowest BCUT2D eigenvalue weighted by Crippen LogP contribution is -2.23. The molecule has 0 fully saturated rings. The van der Waals surface area contributed by atoms with E-state index in [-0.39, 0.29) is 11.0 Å². The van der Waals surface area contributed by atoms with Crippen LogP contribution in [0.25, 0.3) is 10.9 Å². The van der Waals surface area contributed by atoms with Crippen LogP contribution in [0, 0.1) is 0 Å². The van der Waals surface area contributed by atoms with Gasteiger partial charge in [0.2, 0.25) is 10.6 Å². The summed E-state index contributed by atoms with van der Waals surface area (Å²) in [4.78, 5) is 24.6. The Hall–Kier alpha value is -2.25. The van der Waals surface area contributed by atoms with E-state index in [0.29, 0.717) is 21.1 Å². The molecule has 106 valence electrons. The molecule has 0 spiro atoms. The molecule has 1 N–H and O–H groups in total. The molecule has 0 radical (unpaired) electrons. The van der Waals surface area contributed by atoms with E-state index in [1.807, 2.05) is 0 Å². The molecule has 6 nitrogen and oxygen atoms in total. The van der Waals surface area contributed by atoms with Crippen molar-refractivity contribution in [1.82, 2.24) is 14.8 Å². The highest BCUT2D eigenvalue weighted by molar-refractivity contribution is 7.13. The number of carbonyl (C=O) groups is 1. The number of rotatable bonds is 2. The summed E-state index contributed by atoms with van der Waals surface area (Å²) in [5.74, 6) is -0.519. The molecule has 8 heteroatoms. The predicted octanol–water partition coefficient (Wildman–Crippen LogP) is 2.30. The van der Waals surface area contributed by atoms with Gasteiger partial charge in [-0.1, -0.05) is 29.0 Å². The molecular weight excluding hydrogens is 312 g/mol. The highest BCUT2D eigenvalue weighted by Gasteiger charge is 2.16. The zero-order valence-electron chi connectivity index (χ0n) is 10.8. The number of pyridine rings is 1. The second kappa shape index (κ2) is 5.27. The van der Waals surface area contributed by atoms with Crippen LogP contribution in [0.15, 0.2) is 34.7 Å². The monoisotopic (exact) mass is 320 g/mol. The van der Waals surface area contributed by atoms with Crippen molar-refractivity contribution in [2.24, 2.45) is 7.05 Å². The number of nitrogens with zero attached hydrogens (tertiary/aromatic N) is 3. The summed E-state index contributed by atoms with van der Waals surface area (Å²) in [7, 11) is 1.73. The van der Waals surface area contributed by atoms with Crippen molar-refractivity contribution in [2.45, 2.75) is 0 Å². The molecule has 21 heavy (non-hydrogen) atoms. The Labute approximate surface area is 128 Å². The molecule has 0 atom stereocenters. The number of anilines is 1. The van der Waals surface area contributed by atoms with Gasteiger partial charge >= 0.3 is 0 Å². The van der Waals surface area contributed by atoms with E-state index in [1.54, 1.807) is 29.8 Å². The zero-order chi connectivity index (χ0) is 15.0. The molecule has 1 aromatic carbocycles. The van der Waals surface area contributed by atoms with Crippen molar-refractivity contribution >= 4 is 44.9 Å². The van der Waals surface area contributed by atoms with E-state index in [2.05, 4.69) is 15.5 Å². The molecule has 2 heterocycles. The van der Waals surface area contributed by atoms with Gasteiger partial charge in [-0.15, -0.1) is 10.2 Å². The smallest absolute Gasteiger partial charge is 0.262 e. The minimum absolute atomic E-state index is 0.0301. The maximum atomic E-state index is 12.4. The number of carbonyl (C=O) groups excluding carboxylic acids is 1. The third-order valence-electron chi connectivity index (χ3n) is 2.98. The van der Waals surface area contributed by atoms with Gasteiger partial charge in [0, 0.05) is 18.6 Å². The maximum absolute atomic E-state index is 12.4. The largest absolute Gasteiger partial charge is 0.348 e. The van der Waals surface area contributed by atoms with Crippen LogP contribution < -0.4 is 10.7 Å². The van der Waals surface area contributed by atoms with Gasteiger partial charge in [0.15, 0.2) is 0 Å². The fraction of sp³-hybridized carbons (Fsp3) is 0.0769. The fourth-order valence-corrected chi connectivity index (χ4v) is 2.82. The third kappa shape index (κ3) is 2.41. The summed E-state index contributed by atoms with van der Waals surface area (Å²) in [6, 6.07) is 5.02. The highest BCUT2D eigenvalue weighted by atomic mass is 35.5. The van der Waals surface area contributed by atoms with Gasteiger partial charge in [0.1, 0.15) is 11.1 Å². The van der Waals surface area contributed by atoms with Gasteiger partial charge in [-0.2, -0.15) is 0 Å². The number of para-hydroxylation sites is 1. The number of fused-ring (bicyclic) bond motifs is 1. The minimum atomic E-state index is -0.519. The molecule has 1 amide bonds. The van der Waals surface area contributed by atoms with E-state index in [1.165, 1.54) is 23.0 Å². The Morgan fingerprint density at radius 3 is 2.95 bits per heavy atom. The molecule has 3 rings (SSSR count). The van der Waals surface area contributed by atoms with Gasteiger partial charge in [-0.05, 0) is 12.1 Å². The number of halogens is 1. The molecule has 2 aromatic heterocycles. The maximum Gasteiger partial charge on any atom is 0.262 e. The lowest BCUT2D eigenvalue weighted by molar-refractivity contribution is 0.102. The van der Waals surface area contributed by atoms with Crippen LogP contribution in [0.4, 0.5) is 5.13 Å². The van der Waals surface area contributed by atoms with Crippen LogP contribution in [-0.4, -0.2) is 20.7 Å². The normalized spacial score (nSPS) is 10.8. The average Bonchev–Trinajstić information content (AvgIpc) is 2.95. The first-order valence-corrected chi connectivity index (χ1v) is 7.19. The van der Waals surface area contributed by atoms with E-state index >= 15 is 0 Å². The summed E-state index contributed by atoms with van der Waals surface area (Å²) in [6.07, 6.45) is 1.47. The minimum Gasteiger partial charge on any atom is -0.348 e. The molecular formula is C13H9ClN4O2S. The average molecular weight is 321 g/mol. The predicted molar refractivity (Wildman–Crippen MR) is 82.1 cm³/mol. The second-order valence-corrected chi connectivity index (χ2v) is 5.56. The van der Waals surface area contributed by atoms with Crippen molar-refractivity contribution in [1.29, 1.82) is 0 Å². The first kappa shape index (κ1) is 13.7. The molecule has 0 saturated carbocycles. The van der Waals surface area contributed by atoms with Crippen molar-refractivity contribution in [3.63, 3.8) is 0 Å². The molecule has 0 aliphatic carbocycles. The summed E-state index contributed by atoms with van der Waals surface area (Å²) >= 11 is 7.28. The Balaban J connectivity index is 2.14. The number of hydrogen-bond acceptors (Lipinski definition) is 5. The van der Waals surface area contributed by atoms with Gasteiger partial charge in [-0.25, -0.2) is 0 Å². The molecule has 0 bridgehead atoms. The second-order valence-electron chi connectivity index (χ2n) is 4.32. The van der Waals surface area contributed by atoms with Crippen LogP contribution in [0.2, 0.25) is 5.02 Å². The number of hydrogen-bond donors (Lipinski definition) is 1. The number of aromatic nitrogens is 3. The first-order valence-electron chi connectivity index (χ1n) is 5.93. The van der Waals surface area contributed by atoms with E-state index in [0.717, 1.165) is 0 Å². The van der Waals surface area contributed by atoms with Crippen LogP contribution in [0.1, 0.15) is 10.4 Å². The molecule has 0 aliphatic rings. The highest BCUT2D eigenvalue weighted by Crippen LogP contribution is 2.21. The van der Waals surface area contributed by atoms with Gasteiger partial charge in [0.05, 0.1) is 10.5 Å². The molecule has 0 aliphatic heterocycles. The van der Waals surface area contributed by atoms with E-state index in [9.17, 15) is 9.59 Å².